The Morgan fingerprint density at radius 1 is 1.25 bits per heavy atom. The molecule has 0 amide bonds. The Labute approximate surface area is 118 Å². The van der Waals surface area contributed by atoms with E-state index in [9.17, 15) is 4.39 Å². The van der Waals surface area contributed by atoms with Crippen LogP contribution in [0.15, 0.2) is 42.6 Å². The molecule has 0 spiro atoms. The van der Waals surface area contributed by atoms with Crippen molar-refractivity contribution >= 4 is 0 Å². The molecular formula is C16H19FN2O. The van der Waals surface area contributed by atoms with E-state index in [4.69, 9.17) is 4.74 Å². The predicted octanol–water partition coefficient (Wildman–Crippen LogP) is 4.07. The maximum atomic E-state index is 12.8. The standard InChI is InChI=1S/C16H19FN2O/c1-3-9-18-12(2)13-8-10-19-16(11-13)20-15-6-4-14(17)5-7-15/h4-8,10-12,18H,3,9H2,1-2H3. The third-order valence-electron chi connectivity index (χ3n) is 3.00. The van der Waals surface area contributed by atoms with Crippen molar-refractivity contribution in [2.45, 2.75) is 26.3 Å². The van der Waals surface area contributed by atoms with E-state index in [1.165, 1.54) is 12.1 Å². The molecule has 0 saturated heterocycles. The van der Waals surface area contributed by atoms with Crippen molar-refractivity contribution in [3.63, 3.8) is 0 Å². The third kappa shape index (κ3) is 4.03. The van der Waals surface area contributed by atoms with Crippen molar-refractivity contribution in [3.8, 4) is 11.6 Å². The molecule has 4 heteroatoms. The Morgan fingerprint density at radius 3 is 2.70 bits per heavy atom. The summed E-state index contributed by atoms with van der Waals surface area (Å²) in [4.78, 5) is 4.18. The molecule has 106 valence electrons. The second-order valence-electron chi connectivity index (χ2n) is 4.66. The van der Waals surface area contributed by atoms with Gasteiger partial charge in [-0.15, -0.1) is 0 Å². The van der Waals surface area contributed by atoms with E-state index in [2.05, 4.69) is 24.1 Å². The Morgan fingerprint density at radius 2 is 2.00 bits per heavy atom. The minimum Gasteiger partial charge on any atom is -0.439 e. The molecule has 0 radical (unpaired) electrons. The number of hydrogen-bond acceptors (Lipinski definition) is 3. The highest BCUT2D eigenvalue weighted by atomic mass is 19.1. The molecule has 0 fully saturated rings. The SMILES string of the molecule is CCCNC(C)c1ccnc(Oc2ccc(F)cc2)c1. The van der Waals surface area contributed by atoms with Crippen LogP contribution in [-0.4, -0.2) is 11.5 Å². The number of rotatable bonds is 6. The van der Waals surface area contributed by atoms with E-state index < -0.39 is 0 Å². The van der Waals surface area contributed by atoms with Gasteiger partial charge in [-0.1, -0.05) is 6.92 Å². The van der Waals surface area contributed by atoms with Crippen molar-refractivity contribution in [1.82, 2.24) is 10.3 Å². The molecule has 0 aliphatic carbocycles. The van der Waals surface area contributed by atoms with Gasteiger partial charge in [-0.05, 0) is 55.8 Å². The lowest BCUT2D eigenvalue weighted by molar-refractivity contribution is 0.458. The highest BCUT2D eigenvalue weighted by Crippen LogP contribution is 2.22. The Hall–Kier alpha value is -1.94. The number of benzene rings is 1. The van der Waals surface area contributed by atoms with Gasteiger partial charge in [0.1, 0.15) is 11.6 Å². The molecule has 1 unspecified atom stereocenters. The Balaban J connectivity index is 2.07. The van der Waals surface area contributed by atoms with Gasteiger partial charge in [-0.3, -0.25) is 0 Å². The fourth-order valence-corrected chi connectivity index (χ4v) is 1.85. The molecule has 1 atom stereocenters. The van der Waals surface area contributed by atoms with Crippen LogP contribution in [0.4, 0.5) is 4.39 Å². The van der Waals surface area contributed by atoms with Crippen molar-refractivity contribution in [2.24, 2.45) is 0 Å². The van der Waals surface area contributed by atoms with Crippen LogP contribution >= 0.6 is 0 Å². The first-order valence-corrected chi connectivity index (χ1v) is 6.82. The van der Waals surface area contributed by atoms with E-state index in [1.807, 2.05) is 12.1 Å². The summed E-state index contributed by atoms with van der Waals surface area (Å²) < 4.78 is 18.5. The molecule has 3 nitrogen and oxygen atoms in total. The number of nitrogens with one attached hydrogen (secondary N) is 1. The minimum atomic E-state index is -0.281. The van der Waals surface area contributed by atoms with E-state index in [1.54, 1.807) is 18.3 Å². The molecular weight excluding hydrogens is 255 g/mol. The number of nitrogens with zero attached hydrogens (tertiary/aromatic N) is 1. The summed E-state index contributed by atoms with van der Waals surface area (Å²) in [7, 11) is 0. The molecule has 0 saturated carbocycles. The highest BCUT2D eigenvalue weighted by Gasteiger charge is 2.06. The van der Waals surface area contributed by atoms with Crippen LogP contribution in [-0.2, 0) is 0 Å². The maximum Gasteiger partial charge on any atom is 0.219 e. The maximum absolute atomic E-state index is 12.8. The smallest absolute Gasteiger partial charge is 0.219 e. The number of pyridine rings is 1. The van der Waals surface area contributed by atoms with Crippen molar-refractivity contribution < 1.29 is 9.13 Å². The molecule has 1 aromatic carbocycles. The number of ether oxygens (including phenoxy) is 1. The molecule has 2 rings (SSSR count). The predicted molar refractivity (Wildman–Crippen MR) is 77.4 cm³/mol. The first-order valence-electron chi connectivity index (χ1n) is 6.82. The summed E-state index contributed by atoms with van der Waals surface area (Å²) in [5.74, 6) is 0.806. The summed E-state index contributed by atoms with van der Waals surface area (Å²) in [6, 6.07) is 10.0. The van der Waals surface area contributed by atoms with E-state index in [0.29, 0.717) is 11.6 Å². The average Bonchev–Trinajstić information content (AvgIpc) is 2.47. The zero-order chi connectivity index (χ0) is 14.4. The van der Waals surface area contributed by atoms with Gasteiger partial charge < -0.3 is 10.1 Å². The largest absolute Gasteiger partial charge is 0.439 e. The molecule has 0 aliphatic heterocycles. The zero-order valence-corrected chi connectivity index (χ0v) is 11.8. The minimum absolute atomic E-state index is 0.244. The van der Waals surface area contributed by atoms with Crippen molar-refractivity contribution in [3.05, 3.63) is 54.0 Å². The van der Waals surface area contributed by atoms with Crippen LogP contribution in [0.2, 0.25) is 0 Å². The number of halogens is 1. The highest BCUT2D eigenvalue weighted by molar-refractivity contribution is 5.30. The van der Waals surface area contributed by atoms with Crippen LogP contribution in [0, 0.1) is 5.82 Å². The van der Waals surface area contributed by atoms with Crippen LogP contribution in [0.5, 0.6) is 11.6 Å². The second kappa shape index (κ2) is 7.01. The van der Waals surface area contributed by atoms with E-state index in [-0.39, 0.29) is 11.9 Å². The summed E-state index contributed by atoms with van der Waals surface area (Å²) >= 11 is 0. The monoisotopic (exact) mass is 274 g/mol. The molecule has 1 aromatic heterocycles. The summed E-state index contributed by atoms with van der Waals surface area (Å²) in [5, 5.41) is 3.41. The average molecular weight is 274 g/mol. The fraction of sp³-hybridized carbons (Fsp3) is 0.312. The zero-order valence-electron chi connectivity index (χ0n) is 11.8. The van der Waals surface area contributed by atoms with Crippen LogP contribution in [0.3, 0.4) is 0 Å². The van der Waals surface area contributed by atoms with Crippen molar-refractivity contribution in [1.29, 1.82) is 0 Å². The molecule has 2 aromatic rings. The van der Waals surface area contributed by atoms with Crippen molar-refractivity contribution in [2.75, 3.05) is 6.54 Å². The summed E-state index contributed by atoms with van der Waals surface area (Å²) in [5.41, 5.74) is 1.12. The van der Waals surface area contributed by atoms with Crippen LogP contribution in [0.25, 0.3) is 0 Å². The fourth-order valence-electron chi connectivity index (χ4n) is 1.85. The van der Waals surface area contributed by atoms with Gasteiger partial charge in [-0.2, -0.15) is 0 Å². The van der Waals surface area contributed by atoms with Gasteiger partial charge in [-0.25, -0.2) is 9.37 Å². The molecule has 0 bridgehead atoms. The van der Waals surface area contributed by atoms with E-state index in [0.717, 1.165) is 18.5 Å². The van der Waals surface area contributed by atoms with E-state index >= 15 is 0 Å². The summed E-state index contributed by atoms with van der Waals surface area (Å²) in [6.45, 7) is 5.21. The lowest BCUT2D eigenvalue weighted by atomic mass is 10.1. The van der Waals surface area contributed by atoms with Gasteiger partial charge >= 0.3 is 0 Å². The molecule has 1 heterocycles. The van der Waals surface area contributed by atoms with Crippen LogP contribution in [0.1, 0.15) is 31.9 Å². The first kappa shape index (κ1) is 14.5. The number of aromatic nitrogens is 1. The normalized spacial score (nSPS) is 12.2. The molecule has 1 N–H and O–H groups in total. The summed E-state index contributed by atoms with van der Waals surface area (Å²) in [6.07, 6.45) is 2.81. The van der Waals surface area contributed by atoms with Gasteiger partial charge in [0.15, 0.2) is 0 Å². The topological polar surface area (TPSA) is 34.2 Å². The Kier molecular flexibility index (Phi) is 5.07. The first-order chi connectivity index (χ1) is 9.69. The van der Waals surface area contributed by atoms with Gasteiger partial charge in [0.05, 0.1) is 0 Å². The van der Waals surface area contributed by atoms with Gasteiger partial charge in [0.2, 0.25) is 5.88 Å². The molecule has 0 aliphatic rings. The lowest BCUT2D eigenvalue weighted by Gasteiger charge is -2.14. The lowest BCUT2D eigenvalue weighted by Crippen LogP contribution is -2.19. The number of hydrogen-bond donors (Lipinski definition) is 1. The van der Waals surface area contributed by atoms with Crippen LogP contribution < -0.4 is 10.1 Å². The third-order valence-corrected chi connectivity index (χ3v) is 3.00. The second-order valence-corrected chi connectivity index (χ2v) is 4.66. The van der Waals surface area contributed by atoms with Gasteiger partial charge in [0.25, 0.3) is 0 Å². The quantitative estimate of drug-likeness (QED) is 0.862. The van der Waals surface area contributed by atoms with Gasteiger partial charge in [0, 0.05) is 18.3 Å². The Bertz CT molecular complexity index is 542. The molecule has 20 heavy (non-hydrogen) atoms.